The highest BCUT2D eigenvalue weighted by atomic mass is 32.2. The molecule has 32 heavy (non-hydrogen) atoms. The molecule has 6 rings (SSSR count). The summed E-state index contributed by atoms with van der Waals surface area (Å²) in [6.45, 7) is 0. The third-order valence-corrected chi connectivity index (χ3v) is 8.37. The van der Waals surface area contributed by atoms with Crippen LogP contribution in [0.3, 0.4) is 0 Å². The van der Waals surface area contributed by atoms with Crippen molar-refractivity contribution in [1.82, 2.24) is 0 Å². The Kier molecular flexibility index (Phi) is 5.89. The van der Waals surface area contributed by atoms with Crippen molar-refractivity contribution in [2.75, 3.05) is 7.11 Å². The molecule has 6 heteroatoms. The van der Waals surface area contributed by atoms with E-state index in [9.17, 15) is 5.11 Å². The number of phenolic OH excluding ortho intramolecular Hbond substituents is 1. The fraction of sp³-hybridized carbons (Fsp3) is 0.462. The van der Waals surface area contributed by atoms with Crippen LogP contribution in [0.2, 0.25) is 0 Å². The number of benzene rings is 2. The maximum Gasteiger partial charge on any atom is 0.180 e. The van der Waals surface area contributed by atoms with Gasteiger partial charge in [-0.3, -0.25) is 0 Å². The zero-order valence-electron chi connectivity index (χ0n) is 18.5. The number of nitrogens with zero attached hydrogens (tertiary/aromatic N) is 2. The smallest absolute Gasteiger partial charge is 0.180 e. The third-order valence-electron chi connectivity index (χ3n) is 7.52. The Morgan fingerprint density at radius 2 is 1.78 bits per heavy atom. The van der Waals surface area contributed by atoms with Gasteiger partial charge in [-0.1, -0.05) is 42.1 Å². The molecule has 0 heterocycles. The molecule has 2 aromatic rings. The van der Waals surface area contributed by atoms with E-state index in [-0.39, 0.29) is 5.41 Å². The fourth-order valence-electron chi connectivity index (χ4n) is 6.62. The van der Waals surface area contributed by atoms with Crippen LogP contribution in [0, 0.1) is 17.8 Å². The second-order valence-electron chi connectivity index (χ2n) is 9.77. The lowest BCUT2D eigenvalue weighted by Gasteiger charge is -2.57. The van der Waals surface area contributed by atoms with E-state index in [1.807, 2.05) is 24.3 Å². The summed E-state index contributed by atoms with van der Waals surface area (Å²) < 4.78 is 5.53. The highest BCUT2D eigenvalue weighted by Crippen LogP contribution is 2.62. The molecule has 0 aliphatic heterocycles. The van der Waals surface area contributed by atoms with Crippen LogP contribution in [0.15, 0.2) is 52.7 Å². The number of phenols is 1. The Bertz CT molecular complexity index is 1000. The fourth-order valence-corrected chi connectivity index (χ4v) is 7.23. The maximum atomic E-state index is 11.0. The van der Waals surface area contributed by atoms with Crippen LogP contribution >= 0.6 is 11.8 Å². The van der Waals surface area contributed by atoms with Gasteiger partial charge in [-0.25, -0.2) is 0 Å². The Morgan fingerprint density at radius 3 is 2.41 bits per heavy atom. The van der Waals surface area contributed by atoms with Gasteiger partial charge in [-0.15, -0.1) is 5.10 Å². The lowest BCUT2D eigenvalue weighted by atomic mass is 9.48. The SMILES string of the molecule is COc1cc(C=NN=C(N)SCc2ccccc2)cc(C23CC4CC(CC(C4)C2)C3)c1O. The van der Waals surface area contributed by atoms with Crippen molar-refractivity contribution in [1.29, 1.82) is 0 Å². The van der Waals surface area contributed by atoms with E-state index in [1.165, 1.54) is 55.9 Å². The van der Waals surface area contributed by atoms with Crippen LogP contribution in [0.1, 0.15) is 55.2 Å². The van der Waals surface area contributed by atoms with Crippen LogP contribution in [-0.4, -0.2) is 23.6 Å². The molecule has 168 valence electrons. The van der Waals surface area contributed by atoms with Crippen molar-refractivity contribution in [3.63, 3.8) is 0 Å². The minimum absolute atomic E-state index is 0.0732. The number of rotatable bonds is 6. The first kappa shape index (κ1) is 21.4. The topological polar surface area (TPSA) is 80.2 Å². The van der Waals surface area contributed by atoms with Crippen LogP contribution in [0.4, 0.5) is 0 Å². The second-order valence-corrected chi connectivity index (χ2v) is 10.8. The minimum Gasteiger partial charge on any atom is -0.504 e. The zero-order chi connectivity index (χ0) is 22.1. The highest BCUT2D eigenvalue weighted by molar-refractivity contribution is 8.13. The predicted molar refractivity (Wildman–Crippen MR) is 131 cm³/mol. The lowest BCUT2D eigenvalue weighted by Crippen LogP contribution is -2.48. The molecule has 4 aliphatic rings. The third kappa shape index (κ3) is 4.25. The van der Waals surface area contributed by atoms with E-state index in [0.717, 1.165) is 34.6 Å². The Morgan fingerprint density at radius 1 is 1.12 bits per heavy atom. The first-order chi connectivity index (χ1) is 15.5. The summed E-state index contributed by atoms with van der Waals surface area (Å²) >= 11 is 1.47. The van der Waals surface area contributed by atoms with E-state index in [2.05, 4.69) is 28.4 Å². The highest BCUT2D eigenvalue weighted by Gasteiger charge is 2.52. The molecule has 3 N–H and O–H groups in total. The predicted octanol–water partition coefficient (Wildman–Crippen LogP) is 5.45. The van der Waals surface area contributed by atoms with E-state index in [1.54, 1.807) is 13.3 Å². The number of ether oxygens (including phenoxy) is 1. The number of aromatic hydroxyl groups is 1. The summed E-state index contributed by atoms with van der Waals surface area (Å²) in [6.07, 6.45) is 9.35. The molecule has 5 nitrogen and oxygen atoms in total. The van der Waals surface area contributed by atoms with Crippen LogP contribution in [0.5, 0.6) is 11.5 Å². The van der Waals surface area contributed by atoms with E-state index < -0.39 is 0 Å². The van der Waals surface area contributed by atoms with Gasteiger partial charge in [0.25, 0.3) is 0 Å². The molecule has 4 bridgehead atoms. The monoisotopic (exact) mass is 449 g/mol. The van der Waals surface area contributed by atoms with Crippen LogP contribution in [0.25, 0.3) is 0 Å². The molecule has 0 radical (unpaired) electrons. The number of amidine groups is 1. The van der Waals surface area contributed by atoms with Crippen molar-refractivity contribution >= 4 is 23.1 Å². The first-order valence-electron chi connectivity index (χ1n) is 11.5. The summed E-state index contributed by atoms with van der Waals surface area (Å²) in [5.74, 6) is 3.97. The number of nitrogens with two attached hydrogens (primary N) is 1. The molecular weight excluding hydrogens is 418 g/mol. The summed E-state index contributed by atoms with van der Waals surface area (Å²) in [5, 5.41) is 19.9. The van der Waals surface area contributed by atoms with Crippen molar-refractivity contribution in [3.05, 3.63) is 59.2 Å². The molecular formula is C26H31N3O2S. The largest absolute Gasteiger partial charge is 0.504 e. The molecule has 4 fully saturated rings. The van der Waals surface area contributed by atoms with E-state index in [0.29, 0.717) is 16.7 Å². The van der Waals surface area contributed by atoms with Gasteiger partial charge in [0.15, 0.2) is 16.7 Å². The van der Waals surface area contributed by atoms with Gasteiger partial charge in [-0.2, -0.15) is 5.10 Å². The van der Waals surface area contributed by atoms with E-state index in [4.69, 9.17) is 10.5 Å². The van der Waals surface area contributed by atoms with Gasteiger partial charge < -0.3 is 15.6 Å². The number of methoxy groups -OCH3 is 1. The van der Waals surface area contributed by atoms with Gasteiger partial charge in [0.05, 0.1) is 13.3 Å². The summed E-state index contributed by atoms with van der Waals surface area (Å²) in [6, 6.07) is 14.1. The van der Waals surface area contributed by atoms with Crippen LogP contribution < -0.4 is 10.5 Å². The molecule has 0 atom stereocenters. The minimum atomic E-state index is 0.0732. The van der Waals surface area contributed by atoms with Crippen molar-refractivity contribution < 1.29 is 9.84 Å². The molecule has 0 spiro atoms. The van der Waals surface area contributed by atoms with Gasteiger partial charge in [0, 0.05) is 11.3 Å². The molecule has 4 saturated carbocycles. The zero-order valence-corrected chi connectivity index (χ0v) is 19.4. The molecule has 0 unspecified atom stereocenters. The van der Waals surface area contributed by atoms with Gasteiger partial charge in [0.1, 0.15) is 0 Å². The molecule has 0 aromatic heterocycles. The quantitative estimate of drug-likeness (QED) is 0.349. The number of thioether (sulfide) groups is 1. The molecule has 4 aliphatic carbocycles. The molecule has 2 aromatic carbocycles. The first-order valence-corrected chi connectivity index (χ1v) is 12.5. The van der Waals surface area contributed by atoms with E-state index >= 15 is 0 Å². The average Bonchev–Trinajstić information content (AvgIpc) is 2.78. The van der Waals surface area contributed by atoms with Crippen LogP contribution in [-0.2, 0) is 11.2 Å². The Balaban J connectivity index is 1.36. The standard InChI is InChI=1S/C26H31N3O2S/c1-31-23-11-21(15-28-29-25(27)32-16-17-5-3-2-4-6-17)10-22(24(23)30)26-12-18-7-19(13-26)9-20(8-18)14-26/h2-6,10-11,15,18-20,30H,7-9,12-14,16H2,1H3,(H2,27,29). The number of hydrogen-bond acceptors (Lipinski definition) is 5. The lowest BCUT2D eigenvalue weighted by molar-refractivity contribution is -0.00627. The van der Waals surface area contributed by atoms with Crippen molar-refractivity contribution in [3.8, 4) is 11.5 Å². The normalized spacial score (nSPS) is 29.0. The summed E-state index contributed by atoms with van der Waals surface area (Å²) in [5.41, 5.74) is 9.22. The average molecular weight is 450 g/mol. The molecule has 0 saturated heterocycles. The maximum absolute atomic E-state index is 11.0. The summed E-state index contributed by atoms with van der Waals surface area (Å²) in [4.78, 5) is 0. The molecule has 0 amide bonds. The van der Waals surface area contributed by atoms with Crippen molar-refractivity contribution in [2.24, 2.45) is 33.7 Å². The van der Waals surface area contributed by atoms with Crippen molar-refractivity contribution in [2.45, 2.75) is 49.7 Å². The summed E-state index contributed by atoms with van der Waals surface area (Å²) in [7, 11) is 1.61. The van der Waals surface area contributed by atoms with Gasteiger partial charge in [0.2, 0.25) is 0 Å². The Hall–Kier alpha value is -2.47. The Labute approximate surface area is 194 Å². The second kappa shape index (κ2) is 8.81. The van der Waals surface area contributed by atoms with Gasteiger partial charge >= 0.3 is 0 Å². The van der Waals surface area contributed by atoms with Gasteiger partial charge in [-0.05, 0) is 85.0 Å². The number of hydrogen-bond donors (Lipinski definition) is 2.